The minimum Gasteiger partial charge on any atom is -0.368 e. The van der Waals surface area contributed by atoms with E-state index in [1.807, 2.05) is 20.1 Å². The summed E-state index contributed by atoms with van der Waals surface area (Å²) >= 11 is 3.06. The van der Waals surface area contributed by atoms with Crippen molar-refractivity contribution in [1.29, 1.82) is 0 Å². The van der Waals surface area contributed by atoms with Gasteiger partial charge in [0.2, 0.25) is 5.91 Å². The molecule has 1 unspecified atom stereocenters. The lowest BCUT2D eigenvalue weighted by Crippen LogP contribution is -2.39. The highest BCUT2D eigenvalue weighted by molar-refractivity contribution is 8.00. The van der Waals surface area contributed by atoms with Crippen LogP contribution in [0.25, 0.3) is 10.3 Å². The van der Waals surface area contributed by atoms with Gasteiger partial charge < -0.3 is 11.1 Å². The van der Waals surface area contributed by atoms with Crippen molar-refractivity contribution in [3.8, 4) is 0 Å². The lowest BCUT2D eigenvalue weighted by atomic mass is 10.0. The predicted octanol–water partition coefficient (Wildman–Crippen LogP) is 1.73. The van der Waals surface area contributed by atoms with Crippen molar-refractivity contribution in [3.05, 3.63) is 6.33 Å². The first-order valence-electron chi connectivity index (χ1n) is 5.74. The molecule has 0 aliphatic carbocycles. The molecule has 0 spiro atoms. The summed E-state index contributed by atoms with van der Waals surface area (Å²) in [6, 6.07) is -0.460. The Morgan fingerprint density at radius 2 is 2.21 bits per heavy atom. The molecule has 8 heteroatoms. The average Bonchev–Trinajstić information content (AvgIpc) is 2.78. The quantitative estimate of drug-likeness (QED) is 0.816. The summed E-state index contributed by atoms with van der Waals surface area (Å²) in [6.07, 6.45) is 3.39. The van der Waals surface area contributed by atoms with Crippen LogP contribution < -0.4 is 11.1 Å². The minimum absolute atomic E-state index is 0.0791. The third-order valence-electron chi connectivity index (χ3n) is 2.61. The Morgan fingerprint density at radius 3 is 2.79 bits per heavy atom. The third-order valence-corrected chi connectivity index (χ3v) is 4.65. The van der Waals surface area contributed by atoms with E-state index in [9.17, 15) is 4.79 Å². The summed E-state index contributed by atoms with van der Waals surface area (Å²) in [5.41, 5.74) is 6.04. The van der Waals surface area contributed by atoms with Crippen molar-refractivity contribution in [2.75, 3.05) is 11.6 Å². The molecular formula is C11H15N5OS2. The van der Waals surface area contributed by atoms with Gasteiger partial charge in [0.1, 0.15) is 22.9 Å². The normalized spacial score (nSPS) is 12.8. The highest BCUT2D eigenvalue weighted by atomic mass is 32.2. The monoisotopic (exact) mass is 297 g/mol. The number of thioether (sulfide) groups is 1. The van der Waals surface area contributed by atoms with Gasteiger partial charge in [-0.25, -0.2) is 15.0 Å². The van der Waals surface area contributed by atoms with E-state index in [1.165, 1.54) is 17.7 Å². The molecule has 1 atom stereocenters. The number of rotatable bonds is 5. The Kier molecular flexibility index (Phi) is 4.20. The first-order valence-corrected chi connectivity index (χ1v) is 7.78. The van der Waals surface area contributed by atoms with E-state index in [0.717, 1.165) is 9.04 Å². The molecule has 0 radical (unpaired) electrons. The van der Waals surface area contributed by atoms with Crippen LogP contribution in [0.5, 0.6) is 0 Å². The van der Waals surface area contributed by atoms with Gasteiger partial charge in [0, 0.05) is 0 Å². The molecule has 0 aliphatic heterocycles. The van der Waals surface area contributed by atoms with Gasteiger partial charge >= 0.3 is 0 Å². The molecule has 0 fully saturated rings. The zero-order chi connectivity index (χ0) is 14.0. The van der Waals surface area contributed by atoms with E-state index in [2.05, 4.69) is 20.3 Å². The number of carbonyl (C=O) groups is 1. The molecule has 0 bridgehead atoms. The molecule has 1 amide bonds. The summed E-state index contributed by atoms with van der Waals surface area (Å²) in [5.74, 6) is 0.298. The Morgan fingerprint density at radius 1 is 1.47 bits per heavy atom. The molecule has 0 aromatic carbocycles. The highest BCUT2D eigenvalue weighted by Gasteiger charge is 2.21. The van der Waals surface area contributed by atoms with Crippen LogP contribution in [0.3, 0.4) is 0 Å². The molecule has 2 aromatic rings. The second-order valence-electron chi connectivity index (χ2n) is 4.33. The highest BCUT2D eigenvalue weighted by Crippen LogP contribution is 2.31. The number of anilines is 1. The van der Waals surface area contributed by atoms with E-state index >= 15 is 0 Å². The van der Waals surface area contributed by atoms with Gasteiger partial charge in [-0.2, -0.15) is 0 Å². The van der Waals surface area contributed by atoms with Crippen LogP contribution in [0.4, 0.5) is 5.82 Å². The second kappa shape index (κ2) is 5.70. The molecule has 2 rings (SSSR count). The largest absolute Gasteiger partial charge is 0.368 e. The number of fused-ring (bicyclic) bond motifs is 1. The lowest BCUT2D eigenvalue weighted by Gasteiger charge is -2.19. The van der Waals surface area contributed by atoms with Crippen molar-refractivity contribution in [3.63, 3.8) is 0 Å². The predicted molar refractivity (Wildman–Crippen MR) is 78.4 cm³/mol. The summed E-state index contributed by atoms with van der Waals surface area (Å²) in [6.45, 7) is 3.86. The van der Waals surface area contributed by atoms with Crippen LogP contribution in [0.2, 0.25) is 0 Å². The number of thiazole rings is 1. The van der Waals surface area contributed by atoms with Crippen LogP contribution in [0.1, 0.15) is 13.8 Å². The first kappa shape index (κ1) is 14.0. The number of nitrogens with zero attached hydrogens (tertiary/aromatic N) is 3. The summed E-state index contributed by atoms with van der Waals surface area (Å²) in [7, 11) is 0. The minimum atomic E-state index is -0.460. The fraction of sp³-hybridized carbons (Fsp3) is 0.455. The summed E-state index contributed by atoms with van der Waals surface area (Å²) < 4.78 is 1.76. The van der Waals surface area contributed by atoms with Gasteiger partial charge in [-0.3, -0.25) is 4.79 Å². The lowest BCUT2D eigenvalue weighted by molar-refractivity contribution is -0.119. The molecule has 2 heterocycles. The van der Waals surface area contributed by atoms with Gasteiger partial charge in [0.15, 0.2) is 9.99 Å². The van der Waals surface area contributed by atoms with Crippen molar-refractivity contribution in [2.45, 2.75) is 24.2 Å². The van der Waals surface area contributed by atoms with Gasteiger partial charge in [-0.15, -0.1) is 11.3 Å². The van der Waals surface area contributed by atoms with Crippen LogP contribution in [0.15, 0.2) is 10.7 Å². The molecule has 19 heavy (non-hydrogen) atoms. The Balaban J connectivity index is 2.39. The van der Waals surface area contributed by atoms with E-state index < -0.39 is 11.9 Å². The number of hydrogen-bond acceptors (Lipinski definition) is 7. The Labute approximate surface area is 119 Å². The van der Waals surface area contributed by atoms with E-state index in [4.69, 9.17) is 5.73 Å². The van der Waals surface area contributed by atoms with Crippen molar-refractivity contribution in [2.24, 2.45) is 11.7 Å². The molecular weight excluding hydrogens is 282 g/mol. The first-order chi connectivity index (χ1) is 9.02. The Hall–Kier alpha value is -1.41. The Bertz CT molecular complexity index is 598. The smallest absolute Gasteiger partial charge is 0.240 e. The number of amides is 1. The number of nitrogens with one attached hydrogen (secondary N) is 1. The summed E-state index contributed by atoms with van der Waals surface area (Å²) in [5, 5.41) is 3.09. The molecule has 0 aliphatic rings. The van der Waals surface area contributed by atoms with E-state index in [1.54, 1.807) is 11.8 Å². The fourth-order valence-corrected chi connectivity index (χ4v) is 3.10. The fourth-order valence-electron chi connectivity index (χ4n) is 1.64. The van der Waals surface area contributed by atoms with Crippen LogP contribution >= 0.6 is 23.1 Å². The molecule has 3 N–H and O–H groups in total. The van der Waals surface area contributed by atoms with Crippen molar-refractivity contribution >= 4 is 45.2 Å². The maximum absolute atomic E-state index is 11.4. The molecule has 0 saturated heterocycles. The maximum atomic E-state index is 11.4. The van der Waals surface area contributed by atoms with Gasteiger partial charge in [0.25, 0.3) is 0 Å². The zero-order valence-electron chi connectivity index (χ0n) is 10.9. The maximum Gasteiger partial charge on any atom is 0.240 e. The van der Waals surface area contributed by atoms with Crippen LogP contribution in [-0.2, 0) is 4.79 Å². The van der Waals surface area contributed by atoms with Gasteiger partial charge in [0.05, 0.1) is 0 Å². The summed E-state index contributed by atoms with van der Waals surface area (Å²) in [4.78, 5) is 24.1. The van der Waals surface area contributed by atoms with Crippen LogP contribution in [-0.4, -0.2) is 33.2 Å². The molecule has 2 aromatic heterocycles. The average molecular weight is 297 g/mol. The number of primary amides is 1. The number of carbonyl (C=O) groups excluding carboxylic acids is 1. The molecule has 0 saturated carbocycles. The second-order valence-corrected chi connectivity index (χ2v) is 6.38. The molecule has 102 valence electrons. The standard InChI is InChI=1S/C11H15N5OS2/c1-5(2)6(8(12)17)15-9-7-10(14-4-13-9)16-11(18-3)19-7/h4-6H,1-3H3,(H2,12,17)(H,13,14,15). The number of nitrogens with two attached hydrogens (primary N) is 1. The number of aromatic nitrogens is 3. The SMILES string of the molecule is CSc1nc2ncnc(NC(C(N)=O)C(C)C)c2s1. The van der Waals surface area contributed by atoms with E-state index in [0.29, 0.717) is 11.5 Å². The zero-order valence-corrected chi connectivity index (χ0v) is 12.5. The topological polar surface area (TPSA) is 93.8 Å². The van der Waals surface area contributed by atoms with E-state index in [-0.39, 0.29) is 5.92 Å². The van der Waals surface area contributed by atoms with Gasteiger partial charge in [-0.05, 0) is 12.2 Å². The number of hydrogen-bond donors (Lipinski definition) is 2. The van der Waals surface area contributed by atoms with Crippen molar-refractivity contribution < 1.29 is 4.79 Å². The van der Waals surface area contributed by atoms with Gasteiger partial charge in [-0.1, -0.05) is 25.6 Å². The van der Waals surface area contributed by atoms with Crippen LogP contribution in [0, 0.1) is 5.92 Å². The van der Waals surface area contributed by atoms with Crippen molar-refractivity contribution in [1.82, 2.24) is 15.0 Å². The third kappa shape index (κ3) is 2.95. The molecule has 6 nitrogen and oxygen atoms in total.